The molecule has 0 unspecified atom stereocenters. The molecule has 3 aliphatic carbocycles. The van der Waals surface area contributed by atoms with Gasteiger partial charge in [0.05, 0.1) is 5.60 Å². The van der Waals surface area contributed by atoms with Crippen LogP contribution in [-0.2, 0) is 4.79 Å². The Labute approximate surface area is 120 Å². The normalized spacial score (nSPS) is 43.4. The van der Waals surface area contributed by atoms with Gasteiger partial charge in [0.1, 0.15) is 5.78 Å². The molecule has 4 rings (SSSR count). The van der Waals surface area contributed by atoms with Gasteiger partial charge in [-0.3, -0.25) is 4.79 Å². The first-order valence-corrected chi connectivity index (χ1v) is 8.03. The Kier molecular flexibility index (Phi) is 2.78. The van der Waals surface area contributed by atoms with Crippen molar-refractivity contribution in [3.63, 3.8) is 0 Å². The minimum atomic E-state index is -0.719. The van der Waals surface area contributed by atoms with Crippen molar-refractivity contribution in [2.75, 3.05) is 0 Å². The minimum Gasteiger partial charge on any atom is -0.389 e. The third-order valence-corrected chi connectivity index (χ3v) is 6.11. The molecule has 0 heterocycles. The molecule has 2 heteroatoms. The van der Waals surface area contributed by atoms with Crippen LogP contribution in [0.4, 0.5) is 0 Å². The Balaban J connectivity index is 1.82. The summed E-state index contributed by atoms with van der Waals surface area (Å²) in [5, 5.41) is 11.3. The van der Waals surface area contributed by atoms with E-state index in [0.717, 1.165) is 32.1 Å². The fourth-order valence-electron chi connectivity index (χ4n) is 5.29. The van der Waals surface area contributed by atoms with E-state index in [9.17, 15) is 9.90 Å². The first kappa shape index (κ1) is 12.6. The summed E-state index contributed by atoms with van der Waals surface area (Å²) in [4.78, 5) is 12.7. The molecule has 0 aliphatic heterocycles. The summed E-state index contributed by atoms with van der Waals surface area (Å²) in [6.07, 6.45) is 6.05. The van der Waals surface area contributed by atoms with Gasteiger partial charge in [-0.2, -0.15) is 0 Å². The summed E-state index contributed by atoms with van der Waals surface area (Å²) in [5.74, 6) is 0.963. The standard InChI is InChI=1S/C18H22O2/c19-17-13-9-10-15(17)18(20)11-5-4-8-14(18)16(13)12-6-2-1-3-7-12/h1-3,6-7,13-16,20H,4-5,8-11H2/t13-,14-,15-,16+,18+/m0/s1. The SMILES string of the molecule is O=C1[C@H]2CC[C@@H]1[C@@]1(O)CCCC[C@H]1[C@@H]2c1ccccc1. The molecule has 1 aromatic rings. The van der Waals surface area contributed by atoms with Gasteiger partial charge >= 0.3 is 0 Å². The van der Waals surface area contributed by atoms with Gasteiger partial charge in [-0.15, -0.1) is 0 Å². The van der Waals surface area contributed by atoms with E-state index < -0.39 is 5.60 Å². The molecule has 0 aromatic heterocycles. The number of benzene rings is 1. The van der Waals surface area contributed by atoms with Crippen molar-refractivity contribution >= 4 is 5.78 Å². The zero-order valence-corrected chi connectivity index (χ0v) is 11.8. The summed E-state index contributed by atoms with van der Waals surface area (Å²) < 4.78 is 0. The van der Waals surface area contributed by atoms with Gasteiger partial charge in [-0.25, -0.2) is 0 Å². The van der Waals surface area contributed by atoms with Crippen LogP contribution in [0.3, 0.4) is 0 Å². The average molecular weight is 270 g/mol. The van der Waals surface area contributed by atoms with Crippen molar-refractivity contribution in [2.45, 2.75) is 50.0 Å². The molecule has 3 fully saturated rings. The maximum Gasteiger partial charge on any atom is 0.142 e. The van der Waals surface area contributed by atoms with Crippen molar-refractivity contribution in [2.24, 2.45) is 17.8 Å². The van der Waals surface area contributed by atoms with E-state index >= 15 is 0 Å². The van der Waals surface area contributed by atoms with Gasteiger partial charge in [0.2, 0.25) is 0 Å². The highest BCUT2D eigenvalue weighted by atomic mass is 16.3. The van der Waals surface area contributed by atoms with Crippen LogP contribution >= 0.6 is 0 Å². The topological polar surface area (TPSA) is 37.3 Å². The number of hydrogen-bond donors (Lipinski definition) is 1. The number of carbonyl (C=O) groups is 1. The van der Waals surface area contributed by atoms with Crippen LogP contribution in [0.15, 0.2) is 30.3 Å². The summed E-state index contributed by atoms with van der Waals surface area (Å²) in [5.41, 5.74) is 0.541. The minimum absolute atomic E-state index is 0.0715. The summed E-state index contributed by atoms with van der Waals surface area (Å²) in [7, 11) is 0. The first-order chi connectivity index (χ1) is 9.72. The molecule has 106 valence electrons. The molecule has 0 amide bonds. The van der Waals surface area contributed by atoms with Crippen molar-refractivity contribution in [1.29, 1.82) is 0 Å². The number of Topliss-reactive ketones (excluding diaryl/α,β-unsaturated/α-hetero) is 1. The highest BCUT2D eigenvalue weighted by Crippen LogP contribution is 2.59. The Bertz CT molecular complexity index is 523. The quantitative estimate of drug-likeness (QED) is 0.850. The fraction of sp³-hybridized carbons (Fsp3) is 0.611. The monoisotopic (exact) mass is 270 g/mol. The Morgan fingerprint density at radius 3 is 2.65 bits per heavy atom. The smallest absolute Gasteiger partial charge is 0.142 e. The van der Waals surface area contributed by atoms with Crippen LogP contribution in [0, 0.1) is 17.8 Å². The van der Waals surface area contributed by atoms with E-state index in [1.165, 1.54) is 12.0 Å². The van der Waals surface area contributed by atoms with E-state index in [4.69, 9.17) is 0 Å². The molecule has 1 aromatic carbocycles. The lowest BCUT2D eigenvalue weighted by Gasteiger charge is -2.51. The molecule has 20 heavy (non-hydrogen) atoms. The molecule has 0 spiro atoms. The van der Waals surface area contributed by atoms with Crippen LogP contribution < -0.4 is 0 Å². The second-order valence-corrected chi connectivity index (χ2v) is 6.92. The number of hydrogen-bond acceptors (Lipinski definition) is 2. The van der Waals surface area contributed by atoms with Gasteiger partial charge in [0.25, 0.3) is 0 Å². The molecule has 3 aliphatic rings. The average Bonchev–Trinajstić information content (AvgIpc) is 2.78. The third kappa shape index (κ3) is 1.57. The summed E-state index contributed by atoms with van der Waals surface area (Å²) >= 11 is 0. The highest BCUT2D eigenvalue weighted by Gasteiger charge is 2.61. The number of aliphatic hydroxyl groups is 1. The number of rotatable bonds is 1. The zero-order chi connectivity index (χ0) is 13.7. The predicted octanol–water partition coefficient (Wildman–Crippen LogP) is 3.30. The molecule has 2 bridgehead atoms. The Morgan fingerprint density at radius 2 is 1.85 bits per heavy atom. The Hall–Kier alpha value is -1.15. The number of carbonyl (C=O) groups excluding carboxylic acids is 1. The van der Waals surface area contributed by atoms with Gasteiger partial charge in [-0.05, 0) is 43.1 Å². The zero-order valence-electron chi connectivity index (χ0n) is 11.8. The summed E-state index contributed by atoms with van der Waals surface area (Å²) in [6, 6.07) is 10.4. The lowest BCUT2D eigenvalue weighted by atomic mass is 9.56. The van der Waals surface area contributed by atoms with Crippen LogP contribution in [0.25, 0.3) is 0 Å². The molecular formula is C18H22O2. The van der Waals surface area contributed by atoms with E-state index in [-0.39, 0.29) is 23.7 Å². The molecular weight excluding hydrogens is 248 g/mol. The molecule has 1 N–H and O–H groups in total. The van der Waals surface area contributed by atoms with Crippen molar-refractivity contribution in [3.05, 3.63) is 35.9 Å². The fourth-order valence-corrected chi connectivity index (χ4v) is 5.29. The van der Waals surface area contributed by atoms with Crippen molar-refractivity contribution in [1.82, 2.24) is 0 Å². The largest absolute Gasteiger partial charge is 0.389 e. The Morgan fingerprint density at radius 1 is 1.05 bits per heavy atom. The van der Waals surface area contributed by atoms with E-state index in [1.807, 2.05) is 6.07 Å². The van der Waals surface area contributed by atoms with Crippen molar-refractivity contribution < 1.29 is 9.90 Å². The molecule has 5 atom stereocenters. The first-order valence-electron chi connectivity index (χ1n) is 8.03. The molecule has 3 saturated carbocycles. The lowest BCUT2D eigenvalue weighted by molar-refractivity contribution is -0.156. The molecule has 0 radical (unpaired) electrons. The second-order valence-electron chi connectivity index (χ2n) is 6.92. The van der Waals surface area contributed by atoms with Crippen molar-refractivity contribution in [3.8, 4) is 0 Å². The molecule has 2 nitrogen and oxygen atoms in total. The number of ketones is 1. The van der Waals surface area contributed by atoms with Gasteiger partial charge in [0, 0.05) is 11.8 Å². The third-order valence-electron chi connectivity index (χ3n) is 6.11. The van der Waals surface area contributed by atoms with Crippen LogP contribution in [0.1, 0.15) is 50.0 Å². The lowest BCUT2D eigenvalue weighted by Crippen LogP contribution is -2.56. The number of fused-ring (bicyclic) bond motifs is 4. The van der Waals surface area contributed by atoms with Crippen LogP contribution in [0.5, 0.6) is 0 Å². The van der Waals surface area contributed by atoms with Gasteiger partial charge in [0.15, 0.2) is 0 Å². The maximum atomic E-state index is 12.7. The van der Waals surface area contributed by atoms with E-state index in [1.54, 1.807) is 0 Å². The van der Waals surface area contributed by atoms with Crippen LogP contribution in [-0.4, -0.2) is 16.5 Å². The summed E-state index contributed by atoms with van der Waals surface area (Å²) in [6.45, 7) is 0. The van der Waals surface area contributed by atoms with Crippen LogP contribution in [0.2, 0.25) is 0 Å². The predicted molar refractivity (Wildman–Crippen MR) is 77.3 cm³/mol. The molecule has 0 saturated heterocycles. The highest BCUT2D eigenvalue weighted by molar-refractivity contribution is 5.89. The second kappa shape index (κ2) is 4.42. The van der Waals surface area contributed by atoms with Gasteiger partial charge in [-0.1, -0.05) is 43.2 Å². The van der Waals surface area contributed by atoms with E-state index in [0.29, 0.717) is 5.78 Å². The maximum absolute atomic E-state index is 12.7. The van der Waals surface area contributed by atoms with E-state index in [2.05, 4.69) is 24.3 Å². The van der Waals surface area contributed by atoms with Gasteiger partial charge < -0.3 is 5.11 Å².